The van der Waals surface area contributed by atoms with Crippen molar-refractivity contribution in [3.63, 3.8) is 0 Å². The van der Waals surface area contributed by atoms with Crippen molar-refractivity contribution >= 4 is 23.8 Å². The van der Waals surface area contributed by atoms with Gasteiger partial charge in [-0.1, -0.05) is 32.0 Å². The number of hydrogen-bond acceptors (Lipinski definition) is 8. The van der Waals surface area contributed by atoms with Crippen LogP contribution in [0.4, 0.5) is 4.39 Å². The highest BCUT2D eigenvalue weighted by Gasteiger charge is 2.25. The fourth-order valence-corrected chi connectivity index (χ4v) is 3.88. The number of amides is 1. The molecule has 4 aromatic heterocycles. The third-order valence-electron chi connectivity index (χ3n) is 5.79. The maximum Gasteiger partial charge on any atom is 0.292 e. The lowest BCUT2D eigenvalue weighted by molar-refractivity contribution is 0.0937. The number of aryl methyl sites for hydroxylation is 1. The molecule has 5 rings (SSSR count). The Hall–Kier alpha value is -4.32. The SMILES string of the molecule is COc1c(CNC(=O)c2noc(C(C)(C)C)n2)ccc(-c2ncnn3cc(-c4cnn(C)c4)cc23)c1F.Cl. The number of rotatable bonds is 6. The van der Waals surface area contributed by atoms with E-state index in [1.165, 1.54) is 13.4 Å². The summed E-state index contributed by atoms with van der Waals surface area (Å²) in [4.78, 5) is 21.0. The van der Waals surface area contributed by atoms with Crippen LogP contribution in [-0.2, 0) is 19.0 Å². The highest BCUT2D eigenvalue weighted by atomic mass is 35.5. The Balaban J connectivity index is 0.00000336. The maximum absolute atomic E-state index is 15.7. The van der Waals surface area contributed by atoms with Gasteiger partial charge >= 0.3 is 0 Å². The van der Waals surface area contributed by atoms with E-state index in [9.17, 15) is 4.79 Å². The van der Waals surface area contributed by atoms with Crippen LogP contribution in [0, 0.1) is 5.82 Å². The predicted molar refractivity (Wildman–Crippen MR) is 139 cm³/mol. The minimum absolute atomic E-state index is 0. The third kappa shape index (κ3) is 4.94. The zero-order valence-corrected chi connectivity index (χ0v) is 22.2. The number of benzene rings is 1. The summed E-state index contributed by atoms with van der Waals surface area (Å²) < 4.78 is 29.6. The minimum atomic E-state index is -0.603. The summed E-state index contributed by atoms with van der Waals surface area (Å²) in [6.07, 6.45) is 6.83. The zero-order chi connectivity index (χ0) is 26.3. The third-order valence-corrected chi connectivity index (χ3v) is 5.79. The molecule has 0 saturated carbocycles. The molecule has 198 valence electrons. The Morgan fingerprint density at radius 1 is 1.18 bits per heavy atom. The zero-order valence-electron chi connectivity index (χ0n) is 21.4. The molecule has 0 aliphatic heterocycles. The summed E-state index contributed by atoms with van der Waals surface area (Å²) in [7, 11) is 3.21. The molecule has 1 aromatic carbocycles. The molecule has 13 heteroatoms. The smallest absolute Gasteiger partial charge is 0.292 e. The predicted octanol–water partition coefficient (Wildman–Crippen LogP) is 3.98. The van der Waals surface area contributed by atoms with Gasteiger partial charge in [0.15, 0.2) is 11.6 Å². The molecule has 5 aromatic rings. The van der Waals surface area contributed by atoms with Gasteiger partial charge in [-0.15, -0.1) is 12.4 Å². The standard InChI is InChI=1S/C25H25FN8O3.ClH/c1-25(2,3)24-31-22(32-37-24)23(35)27-9-14-6-7-17(19(26)21(14)36-5)20-18-8-15(12-34(18)30-13-28-20)16-10-29-33(4)11-16;/h6-8,10-13H,9H2,1-5H3,(H,27,35);1H. The topological polar surface area (TPSA) is 125 Å². The summed E-state index contributed by atoms with van der Waals surface area (Å²) in [6, 6.07) is 5.16. The normalized spacial score (nSPS) is 11.4. The summed E-state index contributed by atoms with van der Waals surface area (Å²) in [5.41, 5.74) is 3.08. The van der Waals surface area contributed by atoms with Crippen molar-refractivity contribution in [2.45, 2.75) is 32.7 Å². The molecule has 38 heavy (non-hydrogen) atoms. The first-order chi connectivity index (χ1) is 17.7. The first kappa shape index (κ1) is 26.7. The lowest BCUT2D eigenvalue weighted by Crippen LogP contribution is -2.24. The van der Waals surface area contributed by atoms with Gasteiger partial charge in [0.25, 0.3) is 11.7 Å². The summed E-state index contributed by atoms with van der Waals surface area (Å²) >= 11 is 0. The lowest BCUT2D eigenvalue weighted by Gasteiger charge is -2.13. The first-order valence-electron chi connectivity index (χ1n) is 11.5. The van der Waals surface area contributed by atoms with Crippen molar-refractivity contribution in [1.82, 2.24) is 39.8 Å². The maximum atomic E-state index is 15.7. The largest absolute Gasteiger partial charge is 0.493 e. The molecule has 0 fully saturated rings. The number of hydrogen-bond donors (Lipinski definition) is 1. The molecule has 11 nitrogen and oxygen atoms in total. The summed E-state index contributed by atoms with van der Waals surface area (Å²) in [5, 5.41) is 14.9. The molecular formula is C25H26ClFN8O3. The van der Waals surface area contributed by atoms with Gasteiger partial charge in [-0.25, -0.2) is 13.9 Å². The number of aromatic nitrogens is 7. The van der Waals surface area contributed by atoms with Crippen LogP contribution in [0.25, 0.3) is 27.9 Å². The van der Waals surface area contributed by atoms with E-state index in [0.717, 1.165) is 11.1 Å². The van der Waals surface area contributed by atoms with Gasteiger partial charge in [0.2, 0.25) is 5.89 Å². The molecule has 0 atom stereocenters. The van der Waals surface area contributed by atoms with Crippen molar-refractivity contribution < 1.29 is 18.4 Å². The molecule has 0 aliphatic carbocycles. The van der Waals surface area contributed by atoms with Gasteiger partial charge in [-0.05, 0) is 12.1 Å². The van der Waals surface area contributed by atoms with Crippen molar-refractivity contribution in [1.29, 1.82) is 0 Å². The minimum Gasteiger partial charge on any atom is -0.493 e. The van der Waals surface area contributed by atoms with Crippen LogP contribution < -0.4 is 10.1 Å². The average Bonchev–Trinajstić information content (AvgIpc) is 3.61. The number of carbonyl (C=O) groups excluding carboxylic acids is 1. The average molecular weight is 541 g/mol. The van der Waals surface area contributed by atoms with Gasteiger partial charge in [0.1, 0.15) is 12.0 Å². The quantitative estimate of drug-likeness (QED) is 0.343. The van der Waals surface area contributed by atoms with Gasteiger partial charge in [-0.2, -0.15) is 15.2 Å². The number of fused-ring (bicyclic) bond motifs is 1. The molecule has 0 unspecified atom stereocenters. The Kier molecular flexibility index (Phi) is 7.18. The van der Waals surface area contributed by atoms with E-state index in [0.29, 0.717) is 22.7 Å². The van der Waals surface area contributed by atoms with Crippen LogP contribution >= 0.6 is 12.4 Å². The van der Waals surface area contributed by atoms with Crippen molar-refractivity contribution in [2.75, 3.05) is 7.11 Å². The highest BCUT2D eigenvalue weighted by Crippen LogP contribution is 2.34. The van der Waals surface area contributed by atoms with E-state index in [4.69, 9.17) is 9.26 Å². The molecule has 1 N–H and O–H groups in total. The summed E-state index contributed by atoms with van der Waals surface area (Å²) in [6.45, 7) is 5.69. The van der Waals surface area contributed by atoms with Gasteiger partial charge in [0.05, 0.1) is 18.8 Å². The number of methoxy groups -OCH3 is 1. The molecule has 0 saturated heterocycles. The molecule has 4 heterocycles. The van der Waals surface area contributed by atoms with Gasteiger partial charge in [-0.3, -0.25) is 9.48 Å². The first-order valence-corrected chi connectivity index (χ1v) is 11.5. The van der Waals surface area contributed by atoms with Crippen LogP contribution in [0.15, 0.2) is 47.6 Å². The second-order valence-corrected chi connectivity index (χ2v) is 9.55. The van der Waals surface area contributed by atoms with E-state index in [2.05, 4.69) is 30.6 Å². The Labute approximate surface area is 223 Å². The molecule has 1 amide bonds. The monoisotopic (exact) mass is 540 g/mol. The lowest BCUT2D eigenvalue weighted by atomic mass is 9.97. The van der Waals surface area contributed by atoms with Crippen LogP contribution in [0.1, 0.15) is 42.8 Å². The molecule has 0 radical (unpaired) electrons. The van der Waals surface area contributed by atoms with Crippen molar-refractivity contribution in [2.24, 2.45) is 7.05 Å². The van der Waals surface area contributed by atoms with Gasteiger partial charge in [0, 0.05) is 53.7 Å². The molecule has 0 bridgehead atoms. The second kappa shape index (κ2) is 10.2. The van der Waals surface area contributed by atoms with E-state index >= 15 is 4.39 Å². The fourth-order valence-electron chi connectivity index (χ4n) is 3.88. The molecule has 0 aliphatic rings. The fraction of sp³-hybridized carbons (Fsp3) is 0.280. The highest BCUT2D eigenvalue weighted by molar-refractivity contribution is 5.90. The van der Waals surface area contributed by atoms with Crippen molar-refractivity contribution in [3.05, 3.63) is 66.2 Å². The van der Waals surface area contributed by atoms with Crippen molar-refractivity contribution in [3.8, 4) is 28.1 Å². The van der Waals surface area contributed by atoms with E-state index < -0.39 is 17.1 Å². The Morgan fingerprint density at radius 2 is 1.97 bits per heavy atom. The van der Waals surface area contributed by atoms with E-state index in [-0.39, 0.29) is 36.1 Å². The van der Waals surface area contributed by atoms with E-state index in [1.54, 1.807) is 27.5 Å². The van der Waals surface area contributed by atoms with Crippen LogP contribution in [-0.4, -0.2) is 47.5 Å². The van der Waals surface area contributed by atoms with Crippen LogP contribution in [0.3, 0.4) is 0 Å². The van der Waals surface area contributed by atoms with Crippen LogP contribution in [0.5, 0.6) is 5.75 Å². The number of carbonyl (C=O) groups is 1. The summed E-state index contributed by atoms with van der Waals surface area (Å²) in [5.74, 6) is -0.897. The number of nitrogens with zero attached hydrogens (tertiary/aromatic N) is 7. The molecular weight excluding hydrogens is 515 g/mol. The van der Waals surface area contributed by atoms with Gasteiger partial charge < -0.3 is 14.6 Å². The number of nitrogens with one attached hydrogen (secondary N) is 1. The van der Waals surface area contributed by atoms with Crippen LogP contribution in [0.2, 0.25) is 0 Å². The molecule has 0 spiro atoms. The Bertz CT molecular complexity index is 1620. The Morgan fingerprint density at radius 3 is 2.63 bits per heavy atom. The number of ether oxygens (including phenoxy) is 1. The second-order valence-electron chi connectivity index (χ2n) is 9.55. The number of halogens is 2. The van der Waals surface area contributed by atoms with E-state index in [1.807, 2.05) is 46.3 Å².